The SMILES string of the molecule is CC/C=C\C/C=C\C/C=C\C/C=C\CCCCCCCOCC(COP(=O)(O)OCC[N+](C)(C)C)OC(=O)CCCCCCC/C=C\CCCCCC. The second-order valence-corrected chi connectivity index (χ2v) is 16.4. The lowest BCUT2D eigenvalue weighted by Gasteiger charge is -2.24. The van der Waals surface area contributed by atoms with Gasteiger partial charge in [0.15, 0.2) is 0 Å². The van der Waals surface area contributed by atoms with Crippen molar-refractivity contribution < 1.29 is 37.3 Å². The number of phosphoric ester groups is 1. The summed E-state index contributed by atoms with van der Waals surface area (Å²) in [6.45, 7) is 5.42. The summed E-state index contributed by atoms with van der Waals surface area (Å²) in [4.78, 5) is 22.8. The number of quaternary nitrogens is 1. The van der Waals surface area contributed by atoms with Crippen molar-refractivity contribution in [3.63, 3.8) is 0 Å². The standard InChI is InChI=1S/C44H80NO7P/c1-6-8-10-12-14-16-18-20-21-22-23-24-26-28-30-32-34-36-39-49-41-43(42-51-53(47,48)50-40-38-45(3,4)5)52-44(46)37-35-33-31-29-27-25-19-17-15-13-11-9-7-2/h8,10,14,16-17,19-21,23-24,43H,6-7,9,11-13,15,18,22,25-42H2,1-5H3/p+1/b10-8-,16-14-,19-17-,21-20-,24-23-. The fourth-order valence-corrected chi connectivity index (χ4v) is 6.04. The molecular formula is C44H81NO7P+. The fraction of sp³-hybridized carbons (Fsp3) is 0.750. The molecular weight excluding hydrogens is 685 g/mol. The number of carbonyl (C=O) groups excluding carboxylic acids is 1. The molecule has 0 aromatic rings. The van der Waals surface area contributed by atoms with Crippen LogP contribution in [0.15, 0.2) is 60.8 Å². The number of unbranched alkanes of at least 4 members (excludes halogenated alkanes) is 14. The van der Waals surface area contributed by atoms with Crippen molar-refractivity contribution in [2.45, 2.75) is 161 Å². The number of ether oxygens (including phenoxy) is 2. The van der Waals surface area contributed by atoms with E-state index in [9.17, 15) is 14.3 Å². The van der Waals surface area contributed by atoms with Crippen molar-refractivity contribution in [1.82, 2.24) is 0 Å². The number of esters is 1. The molecule has 2 atom stereocenters. The highest BCUT2D eigenvalue weighted by Crippen LogP contribution is 2.43. The zero-order valence-corrected chi connectivity index (χ0v) is 35.6. The first kappa shape index (κ1) is 51.2. The summed E-state index contributed by atoms with van der Waals surface area (Å²) in [5.74, 6) is -0.333. The third-order valence-electron chi connectivity index (χ3n) is 8.56. The van der Waals surface area contributed by atoms with E-state index in [2.05, 4.69) is 74.6 Å². The van der Waals surface area contributed by atoms with Crippen LogP contribution in [0.25, 0.3) is 0 Å². The minimum absolute atomic E-state index is 0.0804. The summed E-state index contributed by atoms with van der Waals surface area (Å²) >= 11 is 0. The molecule has 0 aromatic carbocycles. The molecule has 9 heteroatoms. The molecule has 0 radical (unpaired) electrons. The van der Waals surface area contributed by atoms with Gasteiger partial charge in [0.1, 0.15) is 19.3 Å². The molecule has 0 rings (SSSR count). The fourth-order valence-electron chi connectivity index (χ4n) is 5.30. The number of carbonyl (C=O) groups is 1. The molecule has 0 saturated carbocycles. The summed E-state index contributed by atoms with van der Waals surface area (Å²) in [6.07, 6.45) is 45.3. The van der Waals surface area contributed by atoms with Crippen LogP contribution in [0, 0.1) is 0 Å². The number of allylic oxidation sites excluding steroid dienone is 10. The summed E-state index contributed by atoms with van der Waals surface area (Å²) < 4.78 is 34.9. The van der Waals surface area contributed by atoms with Gasteiger partial charge in [-0.3, -0.25) is 13.8 Å². The van der Waals surface area contributed by atoms with Crippen molar-refractivity contribution in [2.75, 3.05) is 54.1 Å². The summed E-state index contributed by atoms with van der Waals surface area (Å²) in [6, 6.07) is 0. The maximum absolute atomic E-state index is 12.7. The largest absolute Gasteiger partial charge is 0.472 e. The normalized spacial score (nSPS) is 14.5. The van der Waals surface area contributed by atoms with E-state index in [1.165, 1.54) is 51.4 Å². The van der Waals surface area contributed by atoms with Crippen molar-refractivity contribution >= 4 is 13.8 Å². The molecule has 1 N–H and O–H groups in total. The molecule has 0 saturated heterocycles. The van der Waals surface area contributed by atoms with Gasteiger partial charge in [-0.2, -0.15) is 0 Å². The highest BCUT2D eigenvalue weighted by Gasteiger charge is 2.26. The first-order chi connectivity index (χ1) is 25.6. The Morgan fingerprint density at radius 2 is 1.09 bits per heavy atom. The lowest BCUT2D eigenvalue weighted by molar-refractivity contribution is -0.870. The Hall–Kier alpha value is -1.80. The molecule has 0 aliphatic rings. The lowest BCUT2D eigenvalue weighted by atomic mass is 10.1. The van der Waals surface area contributed by atoms with Gasteiger partial charge in [0.2, 0.25) is 0 Å². The molecule has 53 heavy (non-hydrogen) atoms. The highest BCUT2D eigenvalue weighted by atomic mass is 31.2. The van der Waals surface area contributed by atoms with E-state index >= 15 is 0 Å². The highest BCUT2D eigenvalue weighted by molar-refractivity contribution is 7.47. The summed E-state index contributed by atoms with van der Waals surface area (Å²) in [5, 5.41) is 0. The molecule has 0 amide bonds. The van der Waals surface area contributed by atoms with Crippen LogP contribution in [-0.2, 0) is 27.9 Å². The Kier molecular flexibility index (Phi) is 35.9. The zero-order valence-electron chi connectivity index (χ0n) is 34.7. The van der Waals surface area contributed by atoms with Crippen LogP contribution in [0.4, 0.5) is 0 Å². The molecule has 8 nitrogen and oxygen atoms in total. The van der Waals surface area contributed by atoms with Crippen molar-refractivity contribution in [3.8, 4) is 0 Å². The molecule has 0 fully saturated rings. The minimum Gasteiger partial charge on any atom is -0.457 e. The number of rotatable bonds is 38. The van der Waals surface area contributed by atoms with Crippen LogP contribution in [0.1, 0.15) is 155 Å². The Morgan fingerprint density at radius 3 is 1.66 bits per heavy atom. The maximum Gasteiger partial charge on any atom is 0.472 e. The Labute approximate surface area is 326 Å². The smallest absolute Gasteiger partial charge is 0.457 e. The van der Waals surface area contributed by atoms with Gasteiger partial charge in [0, 0.05) is 13.0 Å². The molecule has 0 bridgehead atoms. The van der Waals surface area contributed by atoms with E-state index in [4.69, 9.17) is 18.5 Å². The van der Waals surface area contributed by atoms with Gasteiger partial charge in [0.05, 0.1) is 34.4 Å². The maximum atomic E-state index is 12.7. The number of phosphoric acid groups is 1. The lowest BCUT2D eigenvalue weighted by Crippen LogP contribution is -2.37. The van der Waals surface area contributed by atoms with Gasteiger partial charge in [0.25, 0.3) is 0 Å². The van der Waals surface area contributed by atoms with Gasteiger partial charge >= 0.3 is 13.8 Å². The van der Waals surface area contributed by atoms with E-state index in [1.807, 2.05) is 21.1 Å². The summed E-state index contributed by atoms with van der Waals surface area (Å²) in [5.41, 5.74) is 0. The van der Waals surface area contributed by atoms with Crippen LogP contribution in [0.3, 0.4) is 0 Å². The Morgan fingerprint density at radius 1 is 0.604 bits per heavy atom. The number of likely N-dealkylation sites (N-methyl/N-ethyl adjacent to an activating group) is 1. The van der Waals surface area contributed by atoms with E-state index in [1.54, 1.807) is 0 Å². The third-order valence-corrected chi connectivity index (χ3v) is 9.55. The van der Waals surface area contributed by atoms with Crippen LogP contribution >= 0.6 is 7.82 Å². The molecule has 0 aromatic heterocycles. The van der Waals surface area contributed by atoms with Crippen LogP contribution < -0.4 is 0 Å². The van der Waals surface area contributed by atoms with E-state index < -0.39 is 13.9 Å². The van der Waals surface area contributed by atoms with Gasteiger partial charge in [-0.25, -0.2) is 4.57 Å². The van der Waals surface area contributed by atoms with E-state index in [0.29, 0.717) is 24.1 Å². The monoisotopic (exact) mass is 767 g/mol. The quantitative estimate of drug-likeness (QED) is 0.0220. The predicted molar refractivity (Wildman–Crippen MR) is 224 cm³/mol. The average molecular weight is 767 g/mol. The van der Waals surface area contributed by atoms with Crippen molar-refractivity contribution in [1.29, 1.82) is 0 Å². The Bertz CT molecular complexity index is 1030. The van der Waals surface area contributed by atoms with Gasteiger partial charge in [-0.05, 0) is 77.0 Å². The molecule has 308 valence electrons. The van der Waals surface area contributed by atoms with Gasteiger partial charge in [-0.1, -0.05) is 132 Å². The average Bonchev–Trinajstić information content (AvgIpc) is 3.11. The molecule has 0 heterocycles. The van der Waals surface area contributed by atoms with Crippen LogP contribution in [-0.4, -0.2) is 75.6 Å². The molecule has 2 unspecified atom stereocenters. The van der Waals surface area contributed by atoms with Gasteiger partial charge in [-0.15, -0.1) is 0 Å². The molecule has 0 spiro atoms. The van der Waals surface area contributed by atoms with Crippen LogP contribution in [0.2, 0.25) is 0 Å². The predicted octanol–water partition coefficient (Wildman–Crippen LogP) is 12.2. The number of nitrogens with zero attached hydrogens (tertiary/aromatic N) is 1. The van der Waals surface area contributed by atoms with Crippen LogP contribution in [0.5, 0.6) is 0 Å². The molecule has 0 aliphatic carbocycles. The van der Waals surface area contributed by atoms with Crippen molar-refractivity contribution in [2.24, 2.45) is 0 Å². The number of hydrogen-bond acceptors (Lipinski definition) is 6. The topological polar surface area (TPSA) is 91.3 Å². The van der Waals surface area contributed by atoms with E-state index in [0.717, 1.165) is 83.5 Å². The summed E-state index contributed by atoms with van der Waals surface area (Å²) in [7, 11) is 1.64. The third kappa shape index (κ3) is 41.2. The van der Waals surface area contributed by atoms with E-state index in [-0.39, 0.29) is 25.8 Å². The molecule has 0 aliphatic heterocycles. The Balaban J connectivity index is 4.31. The first-order valence-corrected chi connectivity index (χ1v) is 22.5. The number of hydrogen-bond donors (Lipinski definition) is 1. The second-order valence-electron chi connectivity index (χ2n) is 15.0. The first-order valence-electron chi connectivity index (χ1n) is 21.0. The second kappa shape index (κ2) is 37.1. The van der Waals surface area contributed by atoms with Crippen molar-refractivity contribution in [3.05, 3.63) is 60.8 Å². The minimum atomic E-state index is -4.28. The van der Waals surface area contributed by atoms with Gasteiger partial charge < -0.3 is 18.9 Å². The zero-order chi connectivity index (χ0) is 39.1.